The summed E-state index contributed by atoms with van der Waals surface area (Å²) in [5.41, 5.74) is 0. The van der Waals surface area contributed by atoms with Crippen molar-refractivity contribution in [1.82, 2.24) is 14.9 Å². The molecule has 1 rings (SSSR count). The van der Waals surface area contributed by atoms with Crippen molar-refractivity contribution in [2.24, 2.45) is 0 Å². The van der Waals surface area contributed by atoms with Gasteiger partial charge < -0.3 is 10.6 Å². The number of hydrogen-bond donors (Lipinski definition) is 2. The van der Waals surface area contributed by atoms with Crippen LogP contribution < -0.4 is 10.6 Å². The molecule has 0 aromatic heterocycles. The largest absolute Gasteiger partial charge is 0.314 e. The fourth-order valence-corrected chi connectivity index (χ4v) is 2.36. The van der Waals surface area contributed by atoms with Crippen molar-refractivity contribution in [2.75, 3.05) is 39.5 Å². The molecule has 1 fully saturated rings. The van der Waals surface area contributed by atoms with Crippen LogP contribution in [-0.2, 0) is 10.0 Å². The molecule has 0 bridgehead atoms. The molecule has 1 aliphatic heterocycles. The van der Waals surface area contributed by atoms with Crippen LogP contribution in [0.5, 0.6) is 0 Å². The third kappa shape index (κ3) is 4.46. The molecule has 1 aliphatic rings. The molecule has 15 heavy (non-hydrogen) atoms. The van der Waals surface area contributed by atoms with E-state index >= 15 is 0 Å². The van der Waals surface area contributed by atoms with Crippen LogP contribution in [0, 0.1) is 0 Å². The molecule has 1 heterocycles. The minimum absolute atomic E-state index is 0.173. The van der Waals surface area contributed by atoms with Gasteiger partial charge in [-0.1, -0.05) is 0 Å². The van der Waals surface area contributed by atoms with E-state index in [2.05, 4.69) is 10.6 Å². The van der Waals surface area contributed by atoms with Crippen LogP contribution in [0.4, 0.5) is 0 Å². The highest BCUT2D eigenvalue weighted by molar-refractivity contribution is 7.89. The van der Waals surface area contributed by atoms with Crippen molar-refractivity contribution < 1.29 is 8.42 Å². The fraction of sp³-hybridized carbons (Fsp3) is 1.00. The van der Waals surface area contributed by atoms with Crippen LogP contribution in [0.2, 0.25) is 0 Å². The third-order valence-electron chi connectivity index (χ3n) is 2.65. The number of rotatable bonds is 6. The Balaban J connectivity index is 2.11. The highest BCUT2D eigenvalue weighted by atomic mass is 32.2. The van der Waals surface area contributed by atoms with Gasteiger partial charge in [0.25, 0.3) is 0 Å². The van der Waals surface area contributed by atoms with Gasteiger partial charge >= 0.3 is 0 Å². The summed E-state index contributed by atoms with van der Waals surface area (Å²) in [6.45, 7) is 2.48. The molecule has 0 aromatic rings. The van der Waals surface area contributed by atoms with E-state index < -0.39 is 10.0 Å². The van der Waals surface area contributed by atoms with E-state index in [9.17, 15) is 8.42 Å². The van der Waals surface area contributed by atoms with Crippen molar-refractivity contribution in [3.05, 3.63) is 0 Å². The van der Waals surface area contributed by atoms with Gasteiger partial charge in [-0.25, -0.2) is 12.7 Å². The molecular formula is C9H21N3O2S. The van der Waals surface area contributed by atoms with Crippen molar-refractivity contribution >= 4 is 10.0 Å². The van der Waals surface area contributed by atoms with Crippen molar-refractivity contribution in [3.63, 3.8) is 0 Å². The number of hydrogen-bond acceptors (Lipinski definition) is 4. The van der Waals surface area contributed by atoms with E-state index in [0.29, 0.717) is 12.6 Å². The second kappa shape index (κ2) is 5.79. The van der Waals surface area contributed by atoms with Gasteiger partial charge in [0.05, 0.1) is 5.75 Å². The number of nitrogens with one attached hydrogen (secondary N) is 2. The van der Waals surface area contributed by atoms with Crippen molar-refractivity contribution in [2.45, 2.75) is 18.9 Å². The molecule has 0 radical (unpaired) electrons. The van der Waals surface area contributed by atoms with E-state index in [-0.39, 0.29) is 5.75 Å². The van der Waals surface area contributed by atoms with Gasteiger partial charge in [-0.15, -0.1) is 0 Å². The zero-order chi connectivity index (χ0) is 11.3. The first-order valence-electron chi connectivity index (χ1n) is 5.36. The quantitative estimate of drug-likeness (QED) is 0.593. The summed E-state index contributed by atoms with van der Waals surface area (Å²) in [5, 5.41) is 6.52. The fourth-order valence-electron chi connectivity index (χ4n) is 1.59. The molecule has 0 aliphatic carbocycles. The van der Waals surface area contributed by atoms with Gasteiger partial charge in [0, 0.05) is 33.2 Å². The smallest absolute Gasteiger partial charge is 0.214 e. The lowest BCUT2D eigenvalue weighted by molar-refractivity contribution is 0.510. The van der Waals surface area contributed by atoms with E-state index in [1.165, 1.54) is 17.1 Å². The van der Waals surface area contributed by atoms with Gasteiger partial charge in [0.2, 0.25) is 10.0 Å². The molecule has 90 valence electrons. The molecule has 1 unspecified atom stereocenters. The summed E-state index contributed by atoms with van der Waals surface area (Å²) in [4.78, 5) is 0. The summed E-state index contributed by atoms with van der Waals surface area (Å²) in [7, 11) is 0.0832. The van der Waals surface area contributed by atoms with Crippen LogP contribution in [0.3, 0.4) is 0 Å². The maximum atomic E-state index is 11.4. The van der Waals surface area contributed by atoms with Crippen LogP contribution in [0.1, 0.15) is 12.8 Å². The highest BCUT2D eigenvalue weighted by Gasteiger charge is 2.15. The lowest BCUT2D eigenvalue weighted by Gasteiger charge is -2.13. The van der Waals surface area contributed by atoms with Crippen LogP contribution in [0.15, 0.2) is 0 Å². The number of sulfonamides is 1. The minimum Gasteiger partial charge on any atom is -0.314 e. The summed E-state index contributed by atoms with van der Waals surface area (Å²) in [6.07, 6.45) is 2.41. The number of nitrogens with zero attached hydrogens (tertiary/aromatic N) is 1. The lowest BCUT2D eigenvalue weighted by atomic mass is 10.2. The van der Waals surface area contributed by atoms with Gasteiger partial charge in [0.1, 0.15) is 0 Å². The third-order valence-corrected chi connectivity index (χ3v) is 4.48. The molecule has 2 N–H and O–H groups in total. The normalized spacial score (nSPS) is 22.5. The van der Waals surface area contributed by atoms with E-state index in [1.54, 1.807) is 14.1 Å². The SMILES string of the molecule is CN(C)S(=O)(=O)CCNCC1CCCN1. The zero-order valence-corrected chi connectivity index (χ0v) is 10.3. The second-order valence-corrected chi connectivity index (χ2v) is 6.40. The maximum Gasteiger partial charge on any atom is 0.214 e. The Bertz CT molecular complexity index is 271. The Morgan fingerprint density at radius 1 is 1.47 bits per heavy atom. The molecule has 1 atom stereocenters. The molecule has 5 nitrogen and oxygen atoms in total. The monoisotopic (exact) mass is 235 g/mol. The molecule has 0 amide bonds. The van der Waals surface area contributed by atoms with Crippen molar-refractivity contribution in [1.29, 1.82) is 0 Å². The van der Waals surface area contributed by atoms with Crippen LogP contribution >= 0.6 is 0 Å². The second-order valence-electron chi connectivity index (χ2n) is 4.10. The molecule has 0 spiro atoms. The Kier molecular flexibility index (Phi) is 4.98. The first kappa shape index (κ1) is 12.9. The van der Waals surface area contributed by atoms with E-state index in [1.807, 2.05) is 0 Å². The Hall–Kier alpha value is -0.170. The summed E-state index contributed by atoms with van der Waals surface area (Å²) in [5.74, 6) is 0.173. The predicted molar refractivity (Wildman–Crippen MR) is 61.4 cm³/mol. The average molecular weight is 235 g/mol. The zero-order valence-electron chi connectivity index (χ0n) is 9.49. The molecule has 6 heteroatoms. The maximum absolute atomic E-state index is 11.4. The Labute approximate surface area is 92.3 Å². The van der Waals surface area contributed by atoms with Gasteiger partial charge in [-0.2, -0.15) is 0 Å². The minimum atomic E-state index is -3.04. The lowest BCUT2D eigenvalue weighted by Crippen LogP contribution is -2.37. The first-order valence-corrected chi connectivity index (χ1v) is 6.97. The predicted octanol–water partition coefficient (Wildman–Crippen LogP) is -0.781. The summed E-state index contributed by atoms with van der Waals surface area (Å²) in [6, 6.07) is 0.520. The topological polar surface area (TPSA) is 61.4 Å². The van der Waals surface area contributed by atoms with Gasteiger partial charge in [0.15, 0.2) is 0 Å². The standard InChI is InChI=1S/C9H21N3O2S/c1-12(2)15(13,14)7-6-10-8-9-4-3-5-11-9/h9-11H,3-8H2,1-2H3. The van der Waals surface area contributed by atoms with Crippen LogP contribution in [0.25, 0.3) is 0 Å². The average Bonchev–Trinajstić information content (AvgIpc) is 2.64. The Morgan fingerprint density at radius 2 is 2.20 bits per heavy atom. The van der Waals surface area contributed by atoms with E-state index in [0.717, 1.165) is 13.1 Å². The summed E-state index contributed by atoms with van der Waals surface area (Å²) < 4.78 is 24.1. The molecule has 0 aromatic carbocycles. The first-order chi connectivity index (χ1) is 7.02. The summed E-state index contributed by atoms with van der Waals surface area (Å²) >= 11 is 0. The van der Waals surface area contributed by atoms with E-state index in [4.69, 9.17) is 0 Å². The molecule has 0 saturated carbocycles. The Morgan fingerprint density at radius 3 is 2.73 bits per heavy atom. The van der Waals surface area contributed by atoms with Gasteiger partial charge in [-0.05, 0) is 19.4 Å². The molecule has 1 saturated heterocycles. The van der Waals surface area contributed by atoms with Gasteiger partial charge in [-0.3, -0.25) is 0 Å². The molecular weight excluding hydrogens is 214 g/mol. The highest BCUT2D eigenvalue weighted by Crippen LogP contribution is 2.02. The van der Waals surface area contributed by atoms with Crippen LogP contribution in [-0.4, -0.2) is 58.2 Å². The van der Waals surface area contributed by atoms with Crippen molar-refractivity contribution in [3.8, 4) is 0 Å².